The molecule has 0 fully saturated rings. The molecule has 0 aliphatic rings. The molecule has 0 aromatic heterocycles. The lowest BCUT2D eigenvalue weighted by atomic mass is 10.1. The Bertz CT molecular complexity index is 587. The third-order valence-corrected chi connectivity index (χ3v) is 3.79. The van der Waals surface area contributed by atoms with Gasteiger partial charge < -0.3 is 5.32 Å². The molecule has 1 unspecified atom stereocenters. The summed E-state index contributed by atoms with van der Waals surface area (Å²) >= 11 is 0. The molecule has 0 aliphatic heterocycles. The van der Waals surface area contributed by atoms with Gasteiger partial charge in [-0.2, -0.15) is 0 Å². The second-order valence-electron chi connectivity index (χ2n) is 4.71. The number of unbranched alkanes of at least 4 members (excludes halogenated alkanes) is 1. The Balaban J connectivity index is 2.90. The number of carbonyl (C=O) groups excluding carboxylic acids is 1. The van der Waals surface area contributed by atoms with Crippen LogP contribution in [0.5, 0.6) is 0 Å². The molecule has 1 aromatic rings. The monoisotopic (exact) mass is 302 g/mol. The van der Waals surface area contributed by atoms with E-state index in [1.807, 2.05) is 13.8 Å². The summed E-state index contributed by atoms with van der Waals surface area (Å²) < 4.78 is 35.8. The fourth-order valence-electron chi connectivity index (χ4n) is 1.75. The minimum Gasteiger partial charge on any atom is -0.350 e. The number of halogens is 1. The molecule has 112 valence electrons. The van der Waals surface area contributed by atoms with Crippen molar-refractivity contribution in [3.8, 4) is 0 Å². The summed E-state index contributed by atoms with van der Waals surface area (Å²) in [5.74, 6) is -1.42. The summed E-state index contributed by atoms with van der Waals surface area (Å²) in [5, 5.41) is 7.63. The van der Waals surface area contributed by atoms with Crippen LogP contribution in [0.1, 0.15) is 43.5 Å². The van der Waals surface area contributed by atoms with Gasteiger partial charge in [-0.25, -0.2) is 17.9 Å². The van der Waals surface area contributed by atoms with Gasteiger partial charge in [-0.1, -0.05) is 19.8 Å². The van der Waals surface area contributed by atoms with E-state index in [9.17, 15) is 17.6 Å². The Morgan fingerprint density at radius 3 is 2.65 bits per heavy atom. The highest BCUT2D eigenvalue weighted by atomic mass is 32.2. The maximum Gasteiger partial charge on any atom is 0.251 e. The highest BCUT2D eigenvalue weighted by Gasteiger charge is 2.18. The molecule has 5 nitrogen and oxygen atoms in total. The van der Waals surface area contributed by atoms with Gasteiger partial charge >= 0.3 is 0 Å². The van der Waals surface area contributed by atoms with Crippen molar-refractivity contribution in [3.63, 3.8) is 0 Å². The minimum absolute atomic E-state index is 0.0366. The lowest BCUT2D eigenvalue weighted by Crippen LogP contribution is -2.32. The number of primary sulfonamides is 1. The topological polar surface area (TPSA) is 89.3 Å². The van der Waals surface area contributed by atoms with E-state index in [0.717, 1.165) is 31.4 Å². The summed E-state index contributed by atoms with van der Waals surface area (Å²) in [7, 11) is -4.19. The Morgan fingerprint density at radius 2 is 2.10 bits per heavy atom. The average molecular weight is 302 g/mol. The summed E-state index contributed by atoms with van der Waals surface area (Å²) in [6.45, 7) is 3.91. The predicted octanol–water partition coefficient (Wildman–Crippen LogP) is 1.78. The fourth-order valence-corrected chi connectivity index (χ4v) is 2.38. The van der Waals surface area contributed by atoms with E-state index in [2.05, 4.69) is 5.32 Å². The maximum atomic E-state index is 13.4. The first-order chi connectivity index (χ1) is 9.25. The van der Waals surface area contributed by atoms with E-state index < -0.39 is 26.6 Å². The van der Waals surface area contributed by atoms with Crippen LogP contribution in [0.2, 0.25) is 0 Å². The van der Waals surface area contributed by atoms with Crippen LogP contribution < -0.4 is 10.5 Å². The van der Waals surface area contributed by atoms with Crippen molar-refractivity contribution in [2.75, 3.05) is 0 Å². The predicted molar refractivity (Wildman–Crippen MR) is 74.2 cm³/mol. The first-order valence-electron chi connectivity index (χ1n) is 6.39. The molecule has 7 heteroatoms. The number of benzene rings is 1. The summed E-state index contributed by atoms with van der Waals surface area (Å²) in [6.07, 6.45) is 2.82. The zero-order valence-electron chi connectivity index (χ0n) is 11.5. The highest BCUT2D eigenvalue weighted by Crippen LogP contribution is 2.15. The first-order valence-corrected chi connectivity index (χ1v) is 7.93. The Hall–Kier alpha value is -1.47. The largest absolute Gasteiger partial charge is 0.350 e. The van der Waals surface area contributed by atoms with Gasteiger partial charge in [-0.15, -0.1) is 0 Å². The number of nitrogens with two attached hydrogens (primary N) is 1. The normalized spacial score (nSPS) is 13.0. The molecule has 0 bridgehead atoms. The van der Waals surface area contributed by atoms with Gasteiger partial charge in [0.15, 0.2) is 0 Å². The maximum absolute atomic E-state index is 13.4. The molecule has 0 saturated heterocycles. The van der Waals surface area contributed by atoms with Gasteiger partial charge in [0, 0.05) is 11.6 Å². The SMILES string of the molecule is CCCCC(C)NC(=O)c1ccc(F)c(S(N)(=O)=O)c1. The van der Waals surface area contributed by atoms with Gasteiger partial charge in [0.1, 0.15) is 10.7 Å². The van der Waals surface area contributed by atoms with Gasteiger partial charge in [-0.05, 0) is 31.5 Å². The lowest BCUT2D eigenvalue weighted by molar-refractivity contribution is 0.0937. The Morgan fingerprint density at radius 1 is 1.45 bits per heavy atom. The summed E-state index contributed by atoms with van der Waals surface area (Å²) in [4.78, 5) is 11.3. The van der Waals surface area contributed by atoms with Crippen molar-refractivity contribution in [2.45, 2.75) is 44.0 Å². The van der Waals surface area contributed by atoms with Crippen LogP contribution in [0.4, 0.5) is 4.39 Å². The van der Waals surface area contributed by atoms with Crippen LogP contribution in [0.25, 0.3) is 0 Å². The molecule has 0 saturated carbocycles. The van der Waals surface area contributed by atoms with Gasteiger partial charge in [0.05, 0.1) is 0 Å². The van der Waals surface area contributed by atoms with Crippen LogP contribution in [0.3, 0.4) is 0 Å². The van der Waals surface area contributed by atoms with E-state index in [4.69, 9.17) is 5.14 Å². The molecule has 0 radical (unpaired) electrons. The van der Waals surface area contributed by atoms with E-state index in [1.165, 1.54) is 6.07 Å². The number of hydrogen-bond acceptors (Lipinski definition) is 3. The number of rotatable bonds is 6. The molecule has 1 amide bonds. The summed E-state index contributed by atoms with van der Waals surface area (Å²) in [6, 6.07) is 3.06. The van der Waals surface area contributed by atoms with Crippen molar-refractivity contribution in [1.29, 1.82) is 0 Å². The third kappa shape index (κ3) is 4.57. The van der Waals surface area contributed by atoms with Crippen LogP contribution in [-0.4, -0.2) is 20.4 Å². The number of carbonyl (C=O) groups is 1. The third-order valence-electron chi connectivity index (χ3n) is 2.87. The van der Waals surface area contributed by atoms with Crippen LogP contribution in [0.15, 0.2) is 23.1 Å². The van der Waals surface area contributed by atoms with Crippen molar-refractivity contribution in [1.82, 2.24) is 5.32 Å². The zero-order valence-corrected chi connectivity index (χ0v) is 12.3. The molecule has 1 rings (SSSR count). The van der Waals surface area contributed by atoms with Crippen molar-refractivity contribution in [3.05, 3.63) is 29.6 Å². The summed E-state index contributed by atoms with van der Waals surface area (Å²) in [5.41, 5.74) is 0.0683. The molecule has 0 heterocycles. The molecule has 0 aliphatic carbocycles. The molecule has 1 atom stereocenters. The number of nitrogens with one attached hydrogen (secondary N) is 1. The number of hydrogen-bond donors (Lipinski definition) is 2. The second-order valence-corrected chi connectivity index (χ2v) is 6.24. The van der Waals surface area contributed by atoms with Crippen molar-refractivity contribution in [2.24, 2.45) is 5.14 Å². The second kappa shape index (κ2) is 6.81. The molecular weight excluding hydrogens is 283 g/mol. The van der Waals surface area contributed by atoms with Crippen molar-refractivity contribution >= 4 is 15.9 Å². The van der Waals surface area contributed by atoms with Crippen LogP contribution in [0, 0.1) is 5.82 Å². The van der Waals surface area contributed by atoms with E-state index in [1.54, 1.807) is 0 Å². The number of amides is 1. The van der Waals surface area contributed by atoms with E-state index in [0.29, 0.717) is 0 Å². The van der Waals surface area contributed by atoms with Crippen LogP contribution >= 0.6 is 0 Å². The first kappa shape index (κ1) is 16.6. The Labute approximate surface area is 118 Å². The van der Waals surface area contributed by atoms with Crippen molar-refractivity contribution < 1.29 is 17.6 Å². The highest BCUT2D eigenvalue weighted by molar-refractivity contribution is 7.89. The fraction of sp³-hybridized carbons (Fsp3) is 0.462. The van der Waals surface area contributed by atoms with Gasteiger partial charge in [0.2, 0.25) is 10.0 Å². The smallest absolute Gasteiger partial charge is 0.251 e. The molecule has 20 heavy (non-hydrogen) atoms. The molecule has 3 N–H and O–H groups in total. The zero-order chi connectivity index (χ0) is 15.3. The van der Waals surface area contributed by atoms with E-state index >= 15 is 0 Å². The number of sulfonamides is 1. The standard InChI is InChI=1S/C13H19FN2O3S/c1-3-4-5-9(2)16-13(17)10-6-7-11(14)12(8-10)20(15,18)19/h6-9H,3-5H2,1-2H3,(H,16,17)(H2,15,18,19). The van der Waals surface area contributed by atoms with E-state index in [-0.39, 0.29) is 11.6 Å². The lowest BCUT2D eigenvalue weighted by Gasteiger charge is -2.13. The molecular formula is C13H19FN2O3S. The van der Waals surface area contributed by atoms with Gasteiger partial charge in [-0.3, -0.25) is 4.79 Å². The molecule has 1 aromatic carbocycles. The minimum atomic E-state index is -4.19. The quantitative estimate of drug-likeness (QED) is 0.839. The van der Waals surface area contributed by atoms with Gasteiger partial charge in [0.25, 0.3) is 5.91 Å². The van der Waals surface area contributed by atoms with Crippen LogP contribution in [-0.2, 0) is 10.0 Å². The molecule has 0 spiro atoms. The average Bonchev–Trinajstić information content (AvgIpc) is 2.35. The Kier molecular flexibility index (Phi) is 5.64.